The number of aliphatic hydroxyl groups excluding tert-OH is 2. The van der Waals surface area contributed by atoms with E-state index in [1.807, 2.05) is 30.3 Å². The normalized spacial score (nSPS) is 13.1. The monoisotopic (exact) mass is 298 g/mol. The molecule has 0 radical (unpaired) electrons. The van der Waals surface area contributed by atoms with Gasteiger partial charge in [0, 0.05) is 10.6 Å². The average Bonchev–Trinajstić information content (AvgIpc) is 2.40. The van der Waals surface area contributed by atoms with Crippen LogP contribution in [0.5, 0.6) is 0 Å². The molecule has 19 heavy (non-hydrogen) atoms. The predicted octanol–water partition coefficient (Wildman–Crippen LogP) is 4.31. The topological polar surface area (TPSA) is 40.5 Å². The Balaban J connectivity index is 0.000000191. The van der Waals surface area contributed by atoms with E-state index in [-0.39, 0.29) is 6.10 Å². The highest BCUT2D eigenvalue weighted by Crippen LogP contribution is 2.24. The molecule has 2 N–H and O–H groups in total. The Kier molecular flexibility index (Phi) is 6.89. The summed E-state index contributed by atoms with van der Waals surface area (Å²) in [5.74, 6) is 0. The third-order valence-corrected chi connectivity index (χ3v) is 3.02. The van der Waals surface area contributed by atoms with Crippen molar-refractivity contribution < 1.29 is 10.2 Å². The van der Waals surface area contributed by atoms with Gasteiger partial charge in [0.15, 0.2) is 5.56 Å². The lowest BCUT2D eigenvalue weighted by Crippen LogP contribution is -1.87. The lowest BCUT2D eigenvalue weighted by Gasteiger charge is -2.02. The summed E-state index contributed by atoms with van der Waals surface area (Å²) in [6.07, 6.45) is -0.341. The molecule has 0 amide bonds. The largest absolute Gasteiger partial charge is 0.389 e. The van der Waals surface area contributed by atoms with E-state index in [2.05, 4.69) is 0 Å². The van der Waals surface area contributed by atoms with Crippen molar-refractivity contribution in [3.8, 4) is 0 Å². The number of aliphatic hydroxyl groups is 2. The summed E-state index contributed by atoms with van der Waals surface area (Å²) in [4.78, 5) is 0. The Morgan fingerprint density at radius 1 is 0.895 bits per heavy atom. The Morgan fingerprint density at radius 2 is 1.42 bits per heavy atom. The predicted molar refractivity (Wildman–Crippen MR) is 79.3 cm³/mol. The molecule has 0 aliphatic heterocycles. The number of halogens is 2. The smallest absolute Gasteiger partial charge is 0.154 e. The van der Waals surface area contributed by atoms with Crippen LogP contribution in [0.3, 0.4) is 0 Å². The van der Waals surface area contributed by atoms with Crippen molar-refractivity contribution in [3.05, 3.63) is 70.7 Å². The Morgan fingerprint density at radius 3 is 1.79 bits per heavy atom. The molecule has 2 unspecified atom stereocenters. The second kappa shape index (κ2) is 8.18. The van der Waals surface area contributed by atoms with Crippen molar-refractivity contribution in [1.82, 2.24) is 0 Å². The third kappa shape index (κ3) is 5.62. The number of rotatable bonds is 2. The zero-order valence-electron chi connectivity index (χ0n) is 10.5. The molecule has 0 saturated heterocycles. The minimum atomic E-state index is -1.01. The molecule has 0 aliphatic rings. The molecule has 0 bridgehead atoms. The molecule has 4 heteroatoms. The van der Waals surface area contributed by atoms with Crippen molar-refractivity contribution in [1.29, 1.82) is 0 Å². The maximum atomic E-state index is 9.02. The van der Waals surface area contributed by atoms with Gasteiger partial charge >= 0.3 is 0 Å². The molecule has 2 aromatic carbocycles. The molecule has 0 heterocycles. The highest BCUT2D eigenvalue weighted by atomic mass is 35.5. The van der Waals surface area contributed by atoms with Gasteiger partial charge in [-0.15, -0.1) is 0 Å². The summed E-state index contributed by atoms with van der Waals surface area (Å²) >= 11 is 11.1. The van der Waals surface area contributed by atoms with Crippen LogP contribution < -0.4 is 0 Å². The first-order valence-electron chi connectivity index (χ1n) is 5.82. The first kappa shape index (κ1) is 16.0. The minimum Gasteiger partial charge on any atom is -0.389 e. The first-order chi connectivity index (χ1) is 9.02. The van der Waals surface area contributed by atoms with Gasteiger partial charge in [0.05, 0.1) is 6.10 Å². The number of hydrogen-bond acceptors (Lipinski definition) is 2. The van der Waals surface area contributed by atoms with E-state index in [0.29, 0.717) is 10.6 Å². The fourth-order valence-electron chi connectivity index (χ4n) is 1.40. The fourth-order valence-corrected chi connectivity index (χ4v) is 1.89. The van der Waals surface area contributed by atoms with Crippen LogP contribution in [0.4, 0.5) is 0 Å². The van der Waals surface area contributed by atoms with Crippen LogP contribution in [0, 0.1) is 0 Å². The summed E-state index contributed by atoms with van der Waals surface area (Å²) in [5, 5.41) is 18.4. The van der Waals surface area contributed by atoms with Crippen molar-refractivity contribution in [3.63, 3.8) is 0 Å². The number of hydrogen-bond donors (Lipinski definition) is 2. The van der Waals surface area contributed by atoms with Gasteiger partial charge in [-0.25, -0.2) is 0 Å². The zero-order chi connectivity index (χ0) is 14.3. The molecule has 0 saturated carbocycles. The van der Waals surface area contributed by atoms with Crippen molar-refractivity contribution in [2.24, 2.45) is 0 Å². The summed E-state index contributed by atoms with van der Waals surface area (Å²) in [5.41, 5.74) is 0.511. The molecular weight excluding hydrogens is 283 g/mol. The Bertz CT molecular complexity index is 485. The molecular formula is C15H16Cl2O2. The fraction of sp³-hybridized carbons (Fsp3) is 0.200. The van der Waals surface area contributed by atoms with Crippen LogP contribution >= 0.6 is 23.2 Å². The molecule has 2 aromatic rings. The first-order valence-corrected chi connectivity index (χ1v) is 6.63. The maximum absolute atomic E-state index is 9.02. The van der Waals surface area contributed by atoms with Gasteiger partial charge in [0.1, 0.15) is 0 Å². The quantitative estimate of drug-likeness (QED) is 0.811. The summed E-state index contributed by atoms with van der Waals surface area (Å²) in [7, 11) is 0. The number of benzene rings is 2. The summed E-state index contributed by atoms with van der Waals surface area (Å²) < 4.78 is 0. The van der Waals surface area contributed by atoms with Crippen molar-refractivity contribution >= 4 is 23.2 Å². The highest BCUT2D eigenvalue weighted by Gasteiger charge is 2.05. The molecule has 0 fully saturated rings. The Labute approximate surface area is 123 Å². The van der Waals surface area contributed by atoms with E-state index >= 15 is 0 Å². The Hall–Kier alpha value is -1.06. The molecule has 0 spiro atoms. The van der Waals surface area contributed by atoms with Crippen LogP contribution in [0.15, 0.2) is 54.6 Å². The van der Waals surface area contributed by atoms with Crippen LogP contribution in [-0.2, 0) is 0 Å². The van der Waals surface area contributed by atoms with Gasteiger partial charge in [-0.05, 0) is 18.6 Å². The third-order valence-electron chi connectivity index (χ3n) is 2.44. The van der Waals surface area contributed by atoms with Gasteiger partial charge in [-0.3, -0.25) is 0 Å². The molecule has 2 rings (SSSR count). The van der Waals surface area contributed by atoms with Gasteiger partial charge in [0.25, 0.3) is 0 Å². The molecule has 2 atom stereocenters. The second-order valence-electron chi connectivity index (χ2n) is 3.94. The average molecular weight is 299 g/mol. The SMILES string of the molecule is CC(O)c1ccccc1.OC(Cl)c1ccccc1Cl. The van der Waals surface area contributed by atoms with Crippen LogP contribution in [-0.4, -0.2) is 10.2 Å². The molecule has 2 nitrogen and oxygen atoms in total. The summed E-state index contributed by atoms with van der Waals surface area (Å²) in [6.45, 7) is 1.76. The highest BCUT2D eigenvalue weighted by molar-refractivity contribution is 6.32. The maximum Gasteiger partial charge on any atom is 0.154 e. The molecule has 0 aliphatic carbocycles. The van der Waals surface area contributed by atoms with E-state index in [4.69, 9.17) is 33.4 Å². The van der Waals surface area contributed by atoms with Crippen LogP contribution in [0.2, 0.25) is 5.02 Å². The minimum absolute atomic E-state index is 0.341. The van der Waals surface area contributed by atoms with Crippen LogP contribution in [0.1, 0.15) is 29.7 Å². The van der Waals surface area contributed by atoms with Gasteiger partial charge in [-0.2, -0.15) is 0 Å². The lowest BCUT2D eigenvalue weighted by molar-refractivity contribution is 0.199. The molecule has 0 aromatic heterocycles. The van der Waals surface area contributed by atoms with Crippen molar-refractivity contribution in [2.45, 2.75) is 18.6 Å². The zero-order valence-corrected chi connectivity index (χ0v) is 12.0. The second-order valence-corrected chi connectivity index (χ2v) is 4.76. The van der Waals surface area contributed by atoms with E-state index < -0.39 is 5.56 Å². The van der Waals surface area contributed by atoms with Gasteiger partial charge < -0.3 is 10.2 Å². The molecule has 102 valence electrons. The number of alkyl halides is 1. The van der Waals surface area contributed by atoms with E-state index in [9.17, 15) is 0 Å². The summed E-state index contributed by atoms with van der Waals surface area (Å²) in [6, 6.07) is 16.5. The van der Waals surface area contributed by atoms with Gasteiger partial charge in [0.2, 0.25) is 0 Å². The van der Waals surface area contributed by atoms with Crippen molar-refractivity contribution in [2.75, 3.05) is 0 Å². The van der Waals surface area contributed by atoms with E-state index in [1.165, 1.54) is 0 Å². The standard InChI is InChI=1S/C8H10O.C7H6Cl2O/c1-7(9)8-5-3-2-4-6-8;8-6-4-2-1-3-5(6)7(9)10/h2-7,9H,1H3;1-4,7,10H. The van der Waals surface area contributed by atoms with Gasteiger partial charge in [-0.1, -0.05) is 71.7 Å². The lowest BCUT2D eigenvalue weighted by atomic mass is 10.1. The van der Waals surface area contributed by atoms with E-state index in [1.54, 1.807) is 31.2 Å². The van der Waals surface area contributed by atoms with Crippen LogP contribution in [0.25, 0.3) is 0 Å². The van der Waals surface area contributed by atoms with E-state index in [0.717, 1.165) is 5.56 Å².